The number of amides is 1. The Morgan fingerprint density at radius 2 is 2.00 bits per heavy atom. The van der Waals surface area contributed by atoms with Crippen molar-refractivity contribution < 1.29 is 4.79 Å². The maximum atomic E-state index is 12.0. The summed E-state index contributed by atoms with van der Waals surface area (Å²) in [5, 5.41) is 1.75. The van der Waals surface area contributed by atoms with Crippen LogP contribution in [0.2, 0.25) is 10.0 Å². The van der Waals surface area contributed by atoms with E-state index in [9.17, 15) is 4.79 Å². The van der Waals surface area contributed by atoms with Gasteiger partial charge in [-0.15, -0.1) is 0 Å². The Morgan fingerprint density at radius 3 is 2.75 bits per heavy atom. The molecule has 0 radical (unpaired) electrons. The fourth-order valence-electron chi connectivity index (χ4n) is 2.21. The van der Waals surface area contributed by atoms with E-state index in [-0.39, 0.29) is 5.91 Å². The molecule has 0 unspecified atom stereocenters. The summed E-state index contributed by atoms with van der Waals surface area (Å²) in [5.41, 5.74) is 0.743. The first-order chi connectivity index (χ1) is 9.65. The highest BCUT2D eigenvalue weighted by molar-refractivity contribution is 8.18. The second-order valence-electron chi connectivity index (χ2n) is 4.65. The molecule has 2 aliphatic heterocycles. The zero-order valence-corrected chi connectivity index (χ0v) is 12.9. The number of thioether (sulfide) groups is 1. The molecule has 1 amide bonds. The van der Waals surface area contributed by atoms with E-state index in [0.29, 0.717) is 15.0 Å². The Bertz CT molecular complexity index is 622. The molecule has 0 spiro atoms. The fraction of sp³-hybridized carbons (Fsp3) is 0.286. The number of aliphatic imine (C=N–C) groups is 1. The molecule has 0 N–H and O–H groups in total. The summed E-state index contributed by atoms with van der Waals surface area (Å²) in [5.74, 6) is -0.201. The second kappa shape index (κ2) is 5.80. The highest BCUT2D eigenvalue weighted by atomic mass is 35.5. The van der Waals surface area contributed by atoms with Gasteiger partial charge in [0.05, 0.1) is 15.0 Å². The molecule has 1 aromatic rings. The van der Waals surface area contributed by atoms with Crippen LogP contribution in [0, 0.1) is 0 Å². The molecule has 0 atom stereocenters. The first-order valence-electron chi connectivity index (χ1n) is 6.36. The van der Waals surface area contributed by atoms with Crippen LogP contribution in [-0.2, 0) is 4.79 Å². The van der Waals surface area contributed by atoms with Gasteiger partial charge < -0.3 is 4.90 Å². The molecule has 0 bridgehead atoms. The number of hydrogen-bond acceptors (Lipinski definition) is 3. The van der Waals surface area contributed by atoms with Gasteiger partial charge in [0, 0.05) is 13.1 Å². The average molecular weight is 327 g/mol. The number of carbonyl (C=O) groups excluding carboxylic acids is 1. The summed E-state index contributed by atoms with van der Waals surface area (Å²) in [6.45, 7) is 1.95. The minimum atomic E-state index is -0.201. The highest BCUT2D eigenvalue weighted by Crippen LogP contribution is 2.34. The van der Waals surface area contributed by atoms with Crippen LogP contribution < -0.4 is 0 Å². The van der Waals surface area contributed by atoms with E-state index in [0.717, 1.165) is 36.7 Å². The van der Waals surface area contributed by atoms with Crippen LogP contribution in [0.4, 0.5) is 0 Å². The summed E-state index contributed by atoms with van der Waals surface area (Å²) in [6, 6.07) is 5.37. The lowest BCUT2D eigenvalue weighted by Gasteiger charge is -2.14. The summed E-state index contributed by atoms with van der Waals surface area (Å²) in [7, 11) is 0. The highest BCUT2D eigenvalue weighted by Gasteiger charge is 2.27. The Hall–Kier alpha value is -0.970. The molecule has 20 heavy (non-hydrogen) atoms. The quantitative estimate of drug-likeness (QED) is 0.729. The summed E-state index contributed by atoms with van der Waals surface area (Å²) < 4.78 is 0. The van der Waals surface area contributed by atoms with Gasteiger partial charge in [-0.1, -0.05) is 35.3 Å². The van der Waals surface area contributed by atoms with Crippen LogP contribution in [0.25, 0.3) is 6.08 Å². The van der Waals surface area contributed by atoms with Crippen molar-refractivity contribution in [1.29, 1.82) is 0 Å². The second-order valence-corrected chi connectivity index (χ2v) is 6.44. The van der Waals surface area contributed by atoms with Crippen molar-refractivity contribution in [2.45, 2.75) is 12.8 Å². The fourth-order valence-corrected chi connectivity index (χ4v) is 3.53. The number of benzene rings is 1. The van der Waals surface area contributed by atoms with Crippen molar-refractivity contribution in [2.24, 2.45) is 4.99 Å². The van der Waals surface area contributed by atoms with Crippen molar-refractivity contribution in [3.8, 4) is 0 Å². The van der Waals surface area contributed by atoms with Gasteiger partial charge in [-0.2, -0.15) is 4.99 Å². The zero-order chi connectivity index (χ0) is 14.1. The van der Waals surface area contributed by atoms with Gasteiger partial charge in [0.15, 0.2) is 5.17 Å². The van der Waals surface area contributed by atoms with Gasteiger partial charge in [0.2, 0.25) is 0 Å². The minimum absolute atomic E-state index is 0.201. The van der Waals surface area contributed by atoms with Crippen LogP contribution in [0.1, 0.15) is 18.4 Å². The normalized spacial score (nSPS) is 20.9. The molecule has 1 fully saturated rings. The topological polar surface area (TPSA) is 32.7 Å². The third kappa shape index (κ3) is 2.73. The van der Waals surface area contributed by atoms with E-state index < -0.39 is 0 Å². The molecule has 2 aliphatic rings. The maximum absolute atomic E-state index is 12.0. The molecule has 1 aromatic carbocycles. The van der Waals surface area contributed by atoms with Crippen LogP contribution in [0.3, 0.4) is 0 Å². The summed E-state index contributed by atoms with van der Waals surface area (Å²) in [6.07, 6.45) is 4.08. The smallest absolute Gasteiger partial charge is 0.286 e. The van der Waals surface area contributed by atoms with Crippen LogP contribution in [0.15, 0.2) is 28.1 Å². The molecular weight excluding hydrogens is 315 g/mol. The SMILES string of the molecule is O=C1N=C(N2CCCC2)S/C1=C/c1cccc(Cl)c1Cl. The monoisotopic (exact) mass is 326 g/mol. The van der Waals surface area contributed by atoms with E-state index >= 15 is 0 Å². The molecule has 2 heterocycles. The van der Waals surface area contributed by atoms with Gasteiger partial charge in [0.1, 0.15) is 0 Å². The standard InChI is InChI=1S/C14H12Cl2N2OS/c15-10-5-3-4-9(12(10)16)8-11-13(19)17-14(20-11)18-6-1-2-7-18/h3-5,8H,1-2,6-7H2/b11-8+. The van der Waals surface area contributed by atoms with Crippen molar-refractivity contribution >= 4 is 52.1 Å². The van der Waals surface area contributed by atoms with Crippen molar-refractivity contribution in [1.82, 2.24) is 4.90 Å². The average Bonchev–Trinajstić information content (AvgIpc) is 3.05. The van der Waals surface area contributed by atoms with Crippen LogP contribution >= 0.6 is 35.0 Å². The number of nitrogens with zero attached hydrogens (tertiary/aromatic N) is 2. The Kier molecular flexibility index (Phi) is 4.06. The van der Waals surface area contributed by atoms with Crippen LogP contribution in [-0.4, -0.2) is 29.1 Å². The molecule has 1 saturated heterocycles. The lowest BCUT2D eigenvalue weighted by Crippen LogP contribution is -2.23. The molecule has 6 heteroatoms. The molecule has 3 rings (SSSR count). The Balaban J connectivity index is 1.84. The van der Waals surface area contributed by atoms with E-state index in [4.69, 9.17) is 23.2 Å². The number of carbonyl (C=O) groups is 1. The van der Waals surface area contributed by atoms with E-state index in [2.05, 4.69) is 9.89 Å². The predicted octanol–water partition coefficient (Wildman–Crippen LogP) is 4.06. The number of hydrogen-bond donors (Lipinski definition) is 0. The van der Waals surface area contributed by atoms with Crippen molar-refractivity contribution in [3.63, 3.8) is 0 Å². The molecular formula is C14H12Cl2N2OS. The van der Waals surface area contributed by atoms with Crippen molar-refractivity contribution in [3.05, 3.63) is 38.7 Å². The number of rotatable bonds is 1. The Morgan fingerprint density at radius 1 is 1.25 bits per heavy atom. The first-order valence-corrected chi connectivity index (χ1v) is 7.94. The first kappa shape index (κ1) is 14.0. The third-order valence-electron chi connectivity index (χ3n) is 3.25. The van der Waals surface area contributed by atoms with E-state index in [1.54, 1.807) is 12.1 Å². The lowest BCUT2D eigenvalue weighted by atomic mass is 10.2. The molecule has 0 aliphatic carbocycles. The van der Waals surface area contributed by atoms with E-state index in [1.807, 2.05) is 12.1 Å². The van der Waals surface area contributed by atoms with Crippen molar-refractivity contribution in [2.75, 3.05) is 13.1 Å². The molecule has 3 nitrogen and oxygen atoms in total. The molecule has 0 saturated carbocycles. The molecule has 104 valence electrons. The number of likely N-dealkylation sites (tertiary alicyclic amines) is 1. The largest absolute Gasteiger partial charge is 0.351 e. The minimum Gasteiger partial charge on any atom is -0.351 e. The van der Waals surface area contributed by atoms with Gasteiger partial charge in [-0.25, -0.2) is 0 Å². The van der Waals surface area contributed by atoms with Gasteiger partial charge >= 0.3 is 0 Å². The van der Waals surface area contributed by atoms with E-state index in [1.165, 1.54) is 11.8 Å². The van der Waals surface area contributed by atoms with Gasteiger partial charge in [-0.3, -0.25) is 4.79 Å². The predicted molar refractivity (Wildman–Crippen MR) is 85.3 cm³/mol. The summed E-state index contributed by atoms with van der Waals surface area (Å²) >= 11 is 13.5. The number of halogens is 2. The zero-order valence-electron chi connectivity index (χ0n) is 10.6. The Labute approximate surface area is 131 Å². The van der Waals surface area contributed by atoms with Gasteiger partial charge in [-0.05, 0) is 42.3 Å². The summed E-state index contributed by atoms with van der Waals surface area (Å²) in [4.78, 5) is 18.8. The number of amidine groups is 1. The molecule has 0 aromatic heterocycles. The third-order valence-corrected chi connectivity index (χ3v) is 5.13. The lowest BCUT2D eigenvalue weighted by molar-refractivity contribution is -0.113. The van der Waals surface area contributed by atoms with Gasteiger partial charge in [0.25, 0.3) is 5.91 Å². The maximum Gasteiger partial charge on any atom is 0.286 e. The van der Waals surface area contributed by atoms with Crippen LogP contribution in [0.5, 0.6) is 0 Å².